The molecule has 2 aliphatic heterocycles. The average molecular weight is 397 g/mol. The van der Waals surface area contributed by atoms with Crippen LogP contribution in [0.2, 0.25) is 0 Å². The summed E-state index contributed by atoms with van der Waals surface area (Å²) in [5.41, 5.74) is 1.13. The Kier molecular flexibility index (Phi) is 5.79. The smallest absolute Gasteiger partial charge is 0.263 e. The SMILES string of the molecule is Cc1ccccc1OCC1CCCN(C(=O)C(C)Oc2ccc3c(c2)OCO3)C1. The second kappa shape index (κ2) is 8.64. The van der Waals surface area contributed by atoms with Crippen LogP contribution in [-0.2, 0) is 4.79 Å². The third kappa shape index (κ3) is 4.58. The highest BCUT2D eigenvalue weighted by molar-refractivity contribution is 5.81. The van der Waals surface area contributed by atoms with Gasteiger partial charge in [0.15, 0.2) is 17.6 Å². The minimum absolute atomic E-state index is 0.00302. The molecule has 1 fully saturated rings. The number of likely N-dealkylation sites (tertiary alicyclic amines) is 1. The minimum atomic E-state index is -0.564. The normalized spacial score (nSPS) is 19.0. The third-order valence-electron chi connectivity index (χ3n) is 5.40. The van der Waals surface area contributed by atoms with Crippen molar-refractivity contribution in [3.05, 3.63) is 48.0 Å². The summed E-state index contributed by atoms with van der Waals surface area (Å²) in [5.74, 6) is 3.19. The van der Waals surface area contributed by atoms with Gasteiger partial charge in [0.25, 0.3) is 5.91 Å². The molecule has 0 spiro atoms. The van der Waals surface area contributed by atoms with Crippen LogP contribution in [-0.4, -0.2) is 43.4 Å². The number of ether oxygens (including phenoxy) is 4. The van der Waals surface area contributed by atoms with Crippen LogP contribution in [0, 0.1) is 12.8 Å². The zero-order valence-electron chi connectivity index (χ0n) is 16.9. The third-order valence-corrected chi connectivity index (χ3v) is 5.40. The number of carbonyl (C=O) groups excluding carboxylic acids is 1. The summed E-state index contributed by atoms with van der Waals surface area (Å²) in [5, 5.41) is 0. The van der Waals surface area contributed by atoms with E-state index in [1.165, 1.54) is 0 Å². The highest BCUT2D eigenvalue weighted by Gasteiger charge is 2.28. The van der Waals surface area contributed by atoms with E-state index in [1.807, 2.05) is 36.1 Å². The number of aryl methyl sites for hydroxylation is 1. The average Bonchev–Trinajstić information content (AvgIpc) is 3.20. The number of hydrogen-bond donors (Lipinski definition) is 0. The topological polar surface area (TPSA) is 57.2 Å². The van der Waals surface area contributed by atoms with E-state index in [1.54, 1.807) is 25.1 Å². The molecule has 2 aromatic rings. The molecule has 4 rings (SSSR count). The molecule has 1 amide bonds. The van der Waals surface area contributed by atoms with Gasteiger partial charge in [0.2, 0.25) is 6.79 Å². The molecule has 0 radical (unpaired) electrons. The summed E-state index contributed by atoms with van der Waals surface area (Å²) in [6, 6.07) is 13.4. The summed E-state index contributed by atoms with van der Waals surface area (Å²) >= 11 is 0. The zero-order chi connectivity index (χ0) is 20.2. The van der Waals surface area contributed by atoms with Crippen molar-refractivity contribution in [1.29, 1.82) is 0 Å². The molecule has 2 aliphatic rings. The van der Waals surface area contributed by atoms with E-state index >= 15 is 0 Å². The van der Waals surface area contributed by atoms with Gasteiger partial charge in [0.05, 0.1) is 6.61 Å². The molecule has 0 saturated carbocycles. The molecule has 2 aromatic carbocycles. The Hall–Kier alpha value is -2.89. The van der Waals surface area contributed by atoms with E-state index in [4.69, 9.17) is 18.9 Å². The van der Waals surface area contributed by atoms with Crippen LogP contribution < -0.4 is 18.9 Å². The van der Waals surface area contributed by atoms with Crippen LogP contribution in [0.25, 0.3) is 0 Å². The van der Waals surface area contributed by atoms with Crippen molar-refractivity contribution in [2.75, 3.05) is 26.5 Å². The fourth-order valence-corrected chi connectivity index (χ4v) is 3.79. The molecular formula is C23H27NO5. The van der Waals surface area contributed by atoms with Gasteiger partial charge < -0.3 is 23.8 Å². The van der Waals surface area contributed by atoms with Gasteiger partial charge in [0.1, 0.15) is 11.5 Å². The first-order chi connectivity index (χ1) is 14.1. The Morgan fingerprint density at radius 3 is 2.90 bits per heavy atom. The maximum absolute atomic E-state index is 12.9. The van der Waals surface area contributed by atoms with Crippen LogP contribution in [0.1, 0.15) is 25.3 Å². The first-order valence-electron chi connectivity index (χ1n) is 10.1. The van der Waals surface area contributed by atoms with Gasteiger partial charge in [-0.15, -0.1) is 0 Å². The molecule has 154 valence electrons. The molecule has 2 unspecified atom stereocenters. The van der Waals surface area contributed by atoms with Crippen LogP contribution in [0.5, 0.6) is 23.0 Å². The van der Waals surface area contributed by atoms with E-state index in [0.717, 1.165) is 30.7 Å². The highest BCUT2D eigenvalue weighted by Crippen LogP contribution is 2.35. The van der Waals surface area contributed by atoms with E-state index in [2.05, 4.69) is 0 Å². The van der Waals surface area contributed by atoms with Crippen molar-refractivity contribution in [3.63, 3.8) is 0 Å². The molecule has 29 heavy (non-hydrogen) atoms. The quantitative estimate of drug-likeness (QED) is 0.742. The molecule has 0 N–H and O–H groups in total. The second-order valence-electron chi connectivity index (χ2n) is 7.64. The Morgan fingerprint density at radius 2 is 2.03 bits per heavy atom. The Morgan fingerprint density at radius 1 is 1.21 bits per heavy atom. The summed E-state index contributed by atoms with van der Waals surface area (Å²) in [6.07, 6.45) is 1.48. The van der Waals surface area contributed by atoms with Crippen LogP contribution in [0.4, 0.5) is 0 Å². The number of para-hydroxylation sites is 1. The van der Waals surface area contributed by atoms with Crippen LogP contribution in [0.15, 0.2) is 42.5 Å². The lowest BCUT2D eigenvalue weighted by Gasteiger charge is -2.34. The van der Waals surface area contributed by atoms with Crippen molar-refractivity contribution in [2.45, 2.75) is 32.8 Å². The Balaban J connectivity index is 1.31. The summed E-state index contributed by atoms with van der Waals surface area (Å²) in [6.45, 7) is 6.12. The molecule has 1 saturated heterocycles. The number of benzene rings is 2. The lowest BCUT2D eigenvalue weighted by Crippen LogP contribution is -2.46. The van der Waals surface area contributed by atoms with Gasteiger partial charge in [0, 0.05) is 25.1 Å². The van der Waals surface area contributed by atoms with Crippen molar-refractivity contribution in [2.24, 2.45) is 5.92 Å². The number of carbonyl (C=O) groups is 1. The van der Waals surface area contributed by atoms with Crippen LogP contribution >= 0.6 is 0 Å². The lowest BCUT2D eigenvalue weighted by atomic mass is 9.98. The molecule has 2 heterocycles. The Labute approximate surface area is 171 Å². The first kappa shape index (κ1) is 19.4. The number of rotatable bonds is 6. The predicted molar refractivity (Wildman–Crippen MR) is 109 cm³/mol. The van der Waals surface area contributed by atoms with E-state index in [-0.39, 0.29) is 12.7 Å². The van der Waals surface area contributed by atoms with Crippen molar-refractivity contribution in [3.8, 4) is 23.0 Å². The summed E-state index contributed by atoms with van der Waals surface area (Å²) < 4.78 is 22.6. The molecule has 6 nitrogen and oxygen atoms in total. The standard InChI is InChI=1S/C23H27NO5/c1-16-6-3-4-8-20(16)26-14-18-7-5-11-24(13-18)23(25)17(2)29-19-9-10-21-22(12-19)28-15-27-21/h3-4,6,8-10,12,17-18H,5,7,11,13-15H2,1-2H3. The van der Waals surface area contributed by atoms with Gasteiger partial charge in [-0.1, -0.05) is 18.2 Å². The maximum atomic E-state index is 12.9. The second-order valence-corrected chi connectivity index (χ2v) is 7.64. The van der Waals surface area contributed by atoms with Gasteiger partial charge in [-0.2, -0.15) is 0 Å². The molecular weight excluding hydrogens is 370 g/mol. The molecule has 2 atom stereocenters. The summed E-state index contributed by atoms with van der Waals surface area (Å²) in [7, 11) is 0. The van der Waals surface area contributed by atoms with Crippen molar-refractivity contribution in [1.82, 2.24) is 4.90 Å². The largest absolute Gasteiger partial charge is 0.493 e. The fraction of sp³-hybridized carbons (Fsp3) is 0.435. The monoisotopic (exact) mass is 397 g/mol. The number of piperidine rings is 1. The maximum Gasteiger partial charge on any atom is 0.263 e. The number of amides is 1. The minimum Gasteiger partial charge on any atom is -0.493 e. The van der Waals surface area contributed by atoms with E-state index in [0.29, 0.717) is 36.3 Å². The van der Waals surface area contributed by atoms with Crippen molar-refractivity contribution >= 4 is 5.91 Å². The predicted octanol–water partition coefficient (Wildman–Crippen LogP) is 3.81. The van der Waals surface area contributed by atoms with Crippen molar-refractivity contribution < 1.29 is 23.7 Å². The number of fused-ring (bicyclic) bond motifs is 1. The molecule has 0 aromatic heterocycles. The molecule has 0 bridgehead atoms. The van der Waals surface area contributed by atoms with Crippen LogP contribution in [0.3, 0.4) is 0 Å². The summed E-state index contributed by atoms with van der Waals surface area (Å²) in [4.78, 5) is 14.8. The van der Waals surface area contributed by atoms with Gasteiger partial charge >= 0.3 is 0 Å². The highest BCUT2D eigenvalue weighted by atomic mass is 16.7. The molecule has 0 aliphatic carbocycles. The van der Waals surface area contributed by atoms with Gasteiger partial charge in [-0.3, -0.25) is 4.79 Å². The molecule has 6 heteroatoms. The zero-order valence-corrected chi connectivity index (χ0v) is 16.9. The fourth-order valence-electron chi connectivity index (χ4n) is 3.79. The van der Waals surface area contributed by atoms with E-state index < -0.39 is 6.10 Å². The van der Waals surface area contributed by atoms with Gasteiger partial charge in [-0.25, -0.2) is 0 Å². The number of hydrogen-bond acceptors (Lipinski definition) is 5. The Bertz CT molecular complexity index is 868. The lowest BCUT2D eigenvalue weighted by molar-refractivity contribution is -0.140. The first-order valence-corrected chi connectivity index (χ1v) is 10.1. The number of nitrogens with zero attached hydrogens (tertiary/aromatic N) is 1. The van der Waals surface area contributed by atoms with Gasteiger partial charge in [-0.05, 0) is 50.5 Å². The van der Waals surface area contributed by atoms with E-state index in [9.17, 15) is 4.79 Å².